The van der Waals surface area contributed by atoms with Gasteiger partial charge in [0.2, 0.25) is 0 Å². The zero-order chi connectivity index (χ0) is 13.0. The molecule has 0 bridgehead atoms. The van der Waals surface area contributed by atoms with Gasteiger partial charge in [0.25, 0.3) is 0 Å². The summed E-state index contributed by atoms with van der Waals surface area (Å²) in [4.78, 5) is 8.33. The molecule has 1 atom stereocenters. The molecule has 18 heavy (non-hydrogen) atoms. The van der Waals surface area contributed by atoms with E-state index in [1.165, 1.54) is 12.1 Å². The maximum Gasteiger partial charge on any atom is 0.123 e. The number of halogens is 2. The Morgan fingerprint density at radius 3 is 2.89 bits per heavy atom. The van der Waals surface area contributed by atoms with E-state index in [9.17, 15) is 4.39 Å². The van der Waals surface area contributed by atoms with E-state index in [1.807, 2.05) is 6.92 Å². The molecule has 0 spiro atoms. The van der Waals surface area contributed by atoms with E-state index in [0.717, 1.165) is 22.3 Å². The van der Waals surface area contributed by atoms with Gasteiger partial charge in [-0.3, -0.25) is 9.97 Å². The van der Waals surface area contributed by atoms with Gasteiger partial charge >= 0.3 is 0 Å². The fourth-order valence-electron chi connectivity index (χ4n) is 1.77. The monoisotopic (exact) mass is 309 g/mol. The van der Waals surface area contributed by atoms with Crippen LogP contribution in [0.25, 0.3) is 0 Å². The van der Waals surface area contributed by atoms with Crippen LogP contribution in [-0.4, -0.2) is 16.5 Å². The summed E-state index contributed by atoms with van der Waals surface area (Å²) >= 11 is 3.44. The summed E-state index contributed by atoms with van der Waals surface area (Å²) in [6, 6.07) is 4.46. The highest BCUT2D eigenvalue weighted by Crippen LogP contribution is 2.27. The first-order chi connectivity index (χ1) is 8.72. The van der Waals surface area contributed by atoms with Gasteiger partial charge in [-0.05, 0) is 30.3 Å². The van der Waals surface area contributed by atoms with Gasteiger partial charge in [0.1, 0.15) is 5.82 Å². The highest BCUT2D eigenvalue weighted by Gasteiger charge is 2.17. The maximum atomic E-state index is 13.4. The smallest absolute Gasteiger partial charge is 0.123 e. The van der Waals surface area contributed by atoms with E-state index in [-0.39, 0.29) is 11.9 Å². The lowest BCUT2D eigenvalue weighted by Crippen LogP contribution is -2.23. The summed E-state index contributed by atoms with van der Waals surface area (Å²) in [5.41, 5.74) is 1.59. The van der Waals surface area contributed by atoms with Gasteiger partial charge in [0.05, 0.1) is 17.9 Å². The number of rotatable bonds is 4. The minimum atomic E-state index is -0.264. The van der Waals surface area contributed by atoms with Gasteiger partial charge in [0, 0.05) is 16.9 Å². The second-order valence-electron chi connectivity index (χ2n) is 3.79. The summed E-state index contributed by atoms with van der Waals surface area (Å²) in [5.74, 6) is -0.264. The molecule has 2 aromatic rings. The Balaban J connectivity index is 2.44. The Kier molecular flexibility index (Phi) is 4.38. The Morgan fingerprint density at radius 2 is 2.22 bits per heavy atom. The Hall–Kier alpha value is -1.33. The molecule has 0 saturated carbocycles. The van der Waals surface area contributed by atoms with Gasteiger partial charge in [0.15, 0.2) is 0 Å². The van der Waals surface area contributed by atoms with Gasteiger partial charge < -0.3 is 5.32 Å². The summed E-state index contributed by atoms with van der Waals surface area (Å²) in [6.07, 6.45) is 4.94. The lowest BCUT2D eigenvalue weighted by molar-refractivity contribution is 0.591. The molecular weight excluding hydrogens is 297 g/mol. The third kappa shape index (κ3) is 2.91. The number of benzene rings is 1. The van der Waals surface area contributed by atoms with Crippen molar-refractivity contribution in [2.24, 2.45) is 0 Å². The van der Waals surface area contributed by atoms with Crippen LogP contribution in [0.15, 0.2) is 41.3 Å². The van der Waals surface area contributed by atoms with Gasteiger partial charge in [-0.15, -0.1) is 0 Å². The molecule has 1 aromatic heterocycles. The van der Waals surface area contributed by atoms with Crippen LogP contribution in [0.2, 0.25) is 0 Å². The van der Waals surface area contributed by atoms with Gasteiger partial charge in [-0.1, -0.05) is 22.9 Å². The van der Waals surface area contributed by atoms with Crippen molar-refractivity contribution in [1.29, 1.82) is 0 Å². The molecule has 0 aliphatic carbocycles. The highest BCUT2D eigenvalue weighted by molar-refractivity contribution is 9.10. The van der Waals surface area contributed by atoms with Crippen molar-refractivity contribution in [1.82, 2.24) is 15.3 Å². The van der Waals surface area contributed by atoms with Crippen LogP contribution in [-0.2, 0) is 0 Å². The van der Waals surface area contributed by atoms with Crippen LogP contribution in [0.3, 0.4) is 0 Å². The van der Waals surface area contributed by atoms with Crippen molar-refractivity contribution in [2.75, 3.05) is 6.54 Å². The lowest BCUT2D eigenvalue weighted by Gasteiger charge is -2.18. The number of nitrogens with zero attached hydrogens (tertiary/aromatic N) is 2. The molecule has 1 unspecified atom stereocenters. The van der Waals surface area contributed by atoms with Crippen molar-refractivity contribution < 1.29 is 4.39 Å². The fourth-order valence-corrected chi connectivity index (χ4v) is 2.25. The Morgan fingerprint density at radius 1 is 1.39 bits per heavy atom. The van der Waals surface area contributed by atoms with E-state index >= 15 is 0 Å². The number of aromatic nitrogens is 2. The molecule has 0 amide bonds. The molecule has 0 radical (unpaired) electrons. The Labute approximate surface area is 114 Å². The number of hydrogen-bond donors (Lipinski definition) is 1. The predicted molar refractivity (Wildman–Crippen MR) is 71.7 cm³/mol. The average Bonchev–Trinajstić information content (AvgIpc) is 2.40. The summed E-state index contributed by atoms with van der Waals surface area (Å²) in [7, 11) is 0. The van der Waals surface area contributed by atoms with Crippen molar-refractivity contribution in [3.63, 3.8) is 0 Å². The molecule has 3 nitrogen and oxygen atoms in total. The molecular formula is C13H13BrFN3. The van der Waals surface area contributed by atoms with Crippen LogP contribution < -0.4 is 5.32 Å². The Bertz CT molecular complexity index is 519. The number of hydrogen-bond acceptors (Lipinski definition) is 3. The molecule has 1 heterocycles. The zero-order valence-corrected chi connectivity index (χ0v) is 11.5. The minimum Gasteiger partial charge on any atom is -0.305 e. The van der Waals surface area contributed by atoms with Crippen molar-refractivity contribution in [3.05, 3.63) is 58.3 Å². The zero-order valence-electron chi connectivity index (χ0n) is 9.90. The van der Waals surface area contributed by atoms with Crippen molar-refractivity contribution >= 4 is 15.9 Å². The van der Waals surface area contributed by atoms with Crippen molar-refractivity contribution in [2.45, 2.75) is 13.0 Å². The van der Waals surface area contributed by atoms with Gasteiger partial charge in [-0.2, -0.15) is 0 Å². The normalized spacial score (nSPS) is 12.4. The van der Waals surface area contributed by atoms with Crippen LogP contribution >= 0.6 is 15.9 Å². The van der Waals surface area contributed by atoms with E-state index < -0.39 is 0 Å². The quantitative estimate of drug-likeness (QED) is 0.943. The molecule has 1 aromatic carbocycles. The largest absolute Gasteiger partial charge is 0.305 e. The standard InChI is InChI=1S/C13H13BrFN3/c1-2-17-13(12-8-16-5-6-18-12)10-7-9(15)3-4-11(10)14/h3-8,13,17H,2H2,1H3. The van der Waals surface area contributed by atoms with E-state index in [0.29, 0.717) is 0 Å². The van der Waals surface area contributed by atoms with Gasteiger partial charge in [-0.25, -0.2) is 4.39 Å². The summed E-state index contributed by atoms with van der Waals surface area (Å²) in [6.45, 7) is 2.75. The average molecular weight is 310 g/mol. The first kappa shape index (κ1) is 13.1. The molecule has 0 fully saturated rings. The SMILES string of the molecule is CCNC(c1cnccn1)c1cc(F)ccc1Br. The second-order valence-corrected chi connectivity index (χ2v) is 4.64. The van der Waals surface area contributed by atoms with Crippen LogP contribution in [0, 0.1) is 5.82 Å². The predicted octanol–water partition coefficient (Wildman–Crippen LogP) is 3.08. The van der Waals surface area contributed by atoms with E-state index in [2.05, 4.69) is 31.2 Å². The summed E-state index contributed by atoms with van der Waals surface area (Å²) < 4.78 is 14.2. The molecule has 5 heteroatoms. The van der Waals surface area contributed by atoms with Crippen LogP contribution in [0.1, 0.15) is 24.2 Å². The molecule has 0 aliphatic rings. The molecule has 0 saturated heterocycles. The minimum absolute atomic E-state index is 0.172. The maximum absolute atomic E-state index is 13.4. The molecule has 1 N–H and O–H groups in total. The lowest BCUT2D eigenvalue weighted by atomic mass is 10.0. The molecule has 2 rings (SSSR count). The first-order valence-corrected chi connectivity index (χ1v) is 6.46. The van der Waals surface area contributed by atoms with Crippen molar-refractivity contribution in [3.8, 4) is 0 Å². The summed E-state index contributed by atoms with van der Waals surface area (Å²) in [5, 5.41) is 3.28. The topological polar surface area (TPSA) is 37.8 Å². The van der Waals surface area contributed by atoms with Crippen LogP contribution in [0.5, 0.6) is 0 Å². The third-order valence-corrected chi connectivity index (χ3v) is 3.28. The number of nitrogens with one attached hydrogen (secondary N) is 1. The van der Waals surface area contributed by atoms with Crippen LogP contribution in [0.4, 0.5) is 4.39 Å². The third-order valence-electron chi connectivity index (χ3n) is 2.56. The second kappa shape index (κ2) is 6.02. The fraction of sp³-hybridized carbons (Fsp3) is 0.231. The highest BCUT2D eigenvalue weighted by atomic mass is 79.9. The molecule has 0 aliphatic heterocycles. The first-order valence-electron chi connectivity index (χ1n) is 5.66. The van der Waals surface area contributed by atoms with E-state index in [4.69, 9.17) is 0 Å². The van der Waals surface area contributed by atoms with E-state index in [1.54, 1.807) is 24.7 Å². The molecule has 94 valence electrons.